The molecule has 0 bridgehead atoms. The second kappa shape index (κ2) is 9.88. The minimum absolute atomic E-state index is 0.0815. The molecule has 6 nitrogen and oxygen atoms in total. The van der Waals surface area contributed by atoms with Gasteiger partial charge >= 0.3 is 6.18 Å². The topological polar surface area (TPSA) is 68.5 Å². The second-order valence-corrected chi connectivity index (χ2v) is 8.42. The number of nitrogens with zero attached hydrogens (tertiary/aromatic N) is 3. The number of ether oxygens (including phenoxy) is 1. The first-order valence-electron chi connectivity index (χ1n) is 9.79. The van der Waals surface area contributed by atoms with E-state index in [4.69, 9.17) is 39.5 Å². The van der Waals surface area contributed by atoms with Crippen LogP contribution >= 0.6 is 34.8 Å². The van der Waals surface area contributed by atoms with Gasteiger partial charge in [0.25, 0.3) is 5.91 Å². The molecule has 0 aliphatic carbocycles. The molecule has 0 fully saturated rings. The Labute approximate surface area is 210 Å². The molecule has 0 saturated carbocycles. The third kappa shape index (κ3) is 5.44. The highest BCUT2D eigenvalue weighted by atomic mass is 35.5. The van der Waals surface area contributed by atoms with E-state index in [1.54, 1.807) is 0 Å². The van der Waals surface area contributed by atoms with Crippen molar-refractivity contribution in [2.75, 3.05) is 6.54 Å². The fourth-order valence-electron chi connectivity index (χ4n) is 3.16. The van der Waals surface area contributed by atoms with E-state index in [2.05, 4.69) is 15.4 Å². The van der Waals surface area contributed by atoms with Gasteiger partial charge in [-0.3, -0.25) is 4.79 Å². The summed E-state index contributed by atoms with van der Waals surface area (Å²) in [6.07, 6.45) is -3.95. The van der Waals surface area contributed by atoms with Gasteiger partial charge in [0.15, 0.2) is 17.1 Å². The first kappa shape index (κ1) is 25.0. The van der Waals surface area contributed by atoms with Crippen molar-refractivity contribution < 1.29 is 27.1 Å². The molecule has 4 aromatic rings. The average Bonchev–Trinajstić information content (AvgIpc) is 3.17. The van der Waals surface area contributed by atoms with Crippen LogP contribution in [0.4, 0.5) is 17.6 Å². The maximum Gasteiger partial charge on any atom is 0.416 e. The summed E-state index contributed by atoms with van der Waals surface area (Å²) in [4.78, 5) is 17.1. The van der Waals surface area contributed by atoms with E-state index >= 15 is 0 Å². The summed E-state index contributed by atoms with van der Waals surface area (Å²) >= 11 is 17.9. The number of hydrogen-bond donors (Lipinski definition) is 1. The fourth-order valence-corrected chi connectivity index (χ4v) is 3.86. The number of rotatable bonds is 6. The number of carbonyl (C=O) groups is 1. The predicted octanol–water partition coefficient (Wildman–Crippen LogP) is 6.94. The molecule has 0 saturated heterocycles. The molecule has 35 heavy (non-hydrogen) atoms. The zero-order valence-electron chi connectivity index (χ0n) is 17.3. The number of alkyl halides is 4. The molecule has 4 rings (SSSR count). The number of benzene rings is 2. The summed E-state index contributed by atoms with van der Waals surface area (Å²) in [5.41, 5.74) is -1.00. The summed E-state index contributed by atoms with van der Waals surface area (Å²) in [5, 5.41) is 6.90. The molecule has 2 aromatic carbocycles. The molecular weight excluding hydrogens is 535 g/mol. The summed E-state index contributed by atoms with van der Waals surface area (Å²) in [6, 6.07) is 8.28. The van der Waals surface area contributed by atoms with Crippen molar-refractivity contribution in [2.24, 2.45) is 0 Å². The first-order chi connectivity index (χ1) is 16.5. The van der Waals surface area contributed by atoms with Gasteiger partial charge in [-0.2, -0.15) is 18.3 Å². The Morgan fingerprint density at radius 2 is 1.86 bits per heavy atom. The van der Waals surface area contributed by atoms with Crippen LogP contribution < -0.4 is 10.1 Å². The summed E-state index contributed by atoms with van der Waals surface area (Å²) in [5.74, 6) is -1.27. The average molecular weight is 548 g/mol. The SMILES string of the molecule is O=C(NC[C@H](F)c1ccc(Cl)cc1Cl)c1c(Oc2cccc(C(F)(F)F)c2)cnc2c(Cl)cnn12. The van der Waals surface area contributed by atoms with Crippen molar-refractivity contribution in [2.45, 2.75) is 12.3 Å². The number of fused-ring (bicyclic) bond motifs is 1. The Balaban J connectivity index is 1.64. The maximum absolute atomic E-state index is 14.8. The highest BCUT2D eigenvalue weighted by Gasteiger charge is 2.31. The number of aromatic nitrogens is 3. The summed E-state index contributed by atoms with van der Waals surface area (Å²) < 4.78 is 60.6. The molecule has 0 aliphatic rings. The van der Waals surface area contributed by atoms with Gasteiger partial charge < -0.3 is 10.1 Å². The van der Waals surface area contributed by atoms with Crippen LogP contribution in [0.2, 0.25) is 15.1 Å². The van der Waals surface area contributed by atoms with Gasteiger partial charge in [0.1, 0.15) is 16.9 Å². The van der Waals surface area contributed by atoms with Gasteiger partial charge in [-0.1, -0.05) is 46.9 Å². The lowest BCUT2D eigenvalue weighted by Crippen LogP contribution is -2.29. The van der Waals surface area contributed by atoms with Crippen LogP contribution in [0.3, 0.4) is 0 Å². The molecule has 1 N–H and O–H groups in total. The fraction of sp³-hybridized carbons (Fsp3) is 0.136. The van der Waals surface area contributed by atoms with Crippen molar-refractivity contribution in [3.63, 3.8) is 0 Å². The lowest BCUT2D eigenvalue weighted by atomic mass is 10.1. The van der Waals surface area contributed by atoms with Gasteiger partial charge in [0, 0.05) is 15.6 Å². The van der Waals surface area contributed by atoms with E-state index < -0.39 is 30.4 Å². The van der Waals surface area contributed by atoms with E-state index in [0.717, 1.165) is 28.9 Å². The Hall–Kier alpha value is -3.08. The molecule has 2 heterocycles. The standard InChI is InChI=1S/C22H13Cl3F4N4O2/c23-12-4-5-14(15(24)7-12)17(26)9-31-21(34)19-18(10-30-20-16(25)8-32-33(19)20)35-13-3-1-2-11(6-13)22(27,28)29/h1-8,10,17H,9H2,(H,31,34)/t17-/m0/s1. The Kier molecular flexibility index (Phi) is 7.07. The van der Waals surface area contributed by atoms with Crippen LogP contribution in [0, 0.1) is 0 Å². The van der Waals surface area contributed by atoms with Crippen LogP contribution in [-0.4, -0.2) is 27.0 Å². The first-order valence-corrected chi connectivity index (χ1v) is 10.9. The van der Waals surface area contributed by atoms with Gasteiger partial charge in [-0.05, 0) is 30.3 Å². The smallest absolute Gasteiger partial charge is 0.416 e. The molecule has 1 atom stereocenters. The molecule has 0 unspecified atom stereocenters. The lowest BCUT2D eigenvalue weighted by molar-refractivity contribution is -0.137. The van der Waals surface area contributed by atoms with E-state index in [-0.39, 0.29) is 38.4 Å². The molecule has 0 aliphatic heterocycles. The highest BCUT2D eigenvalue weighted by Crippen LogP contribution is 2.34. The third-order valence-corrected chi connectivity index (χ3v) is 5.63. The largest absolute Gasteiger partial charge is 0.453 e. The Bertz CT molecular complexity index is 1410. The lowest BCUT2D eigenvalue weighted by Gasteiger charge is -2.15. The van der Waals surface area contributed by atoms with Crippen LogP contribution in [0.15, 0.2) is 54.9 Å². The summed E-state index contributed by atoms with van der Waals surface area (Å²) in [6.45, 7) is -0.484. The van der Waals surface area contributed by atoms with Crippen molar-refractivity contribution in [3.8, 4) is 11.5 Å². The van der Waals surface area contributed by atoms with Crippen molar-refractivity contribution in [1.29, 1.82) is 0 Å². The molecule has 1 amide bonds. The Morgan fingerprint density at radius 3 is 2.57 bits per heavy atom. The molecule has 182 valence electrons. The van der Waals surface area contributed by atoms with E-state index in [0.29, 0.717) is 5.02 Å². The minimum Gasteiger partial charge on any atom is -0.453 e. The van der Waals surface area contributed by atoms with Gasteiger partial charge in [0.05, 0.1) is 24.5 Å². The maximum atomic E-state index is 14.8. The van der Waals surface area contributed by atoms with Crippen LogP contribution in [0.5, 0.6) is 11.5 Å². The van der Waals surface area contributed by atoms with Crippen LogP contribution in [0.25, 0.3) is 5.65 Å². The predicted molar refractivity (Wildman–Crippen MR) is 122 cm³/mol. The number of hydrogen-bond acceptors (Lipinski definition) is 4. The number of carbonyl (C=O) groups excluding carboxylic acids is 1. The van der Waals surface area contributed by atoms with Crippen molar-refractivity contribution >= 4 is 46.4 Å². The Morgan fingerprint density at radius 1 is 1.09 bits per heavy atom. The van der Waals surface area contributed by atoms with Crippen LogP contribution in [0.1, 0.15) is 27.8 Å². The van der Waals surface area contributed by atoms with E-state index in [1.165, 1.54) is 30.5 Å². The van der Waals surface area contributed by atoms with Gasteiger partial charge in [0.2, 0.25) is 0 Å². The molecule has 0 radical (unpaired) electrons. The van der Waals surface area contributed by atoms with Crippen molar-refractivity contribution in [3.05, 3.63) is 86.7 Å². The summed E-state index contributed by atoms with van der Waals surface area (Å²) in [7, 11) is 0. The molecule has 13 heteroatoms. The van der Waals surface area contributed by atoms with Crippen LogP contribution in [-0.2, 0) is 6.18 Å². The number of nitrogens with one attached hydrogen (secondary N) is 1. The van der Waals surface area contributed by atoms with Gasteiger partial charge in [-0.25, -0.2) is 13.9 Å². The molecule has 2 aromatic heterocycles. The highest BCUT2D eigenvalue weighted by molar-refractivity contribution is 6.35. The monoisotopic (exact) mass is 546 g/mol. The van der Waals surface area contributed by atoms with E-state index in [9.17, 15) is 22.4 Å². The van der Waals surface area contributed by atoms with Crippen molar-refractivity contribution in [1.82, 2.24) is 19.9 Å². The second-order valence-electron chi connectivity index (χ2n) is 7.17. The van der Waals surface area contributed by atoms with E-state index in [1.807, 2.05) is 0 Å². The molecule has 0 spiro atoms. The van der Waals surface area contributed by atoms with Gasteiger partial charge in [-0.15, -0.1) is 0 Å². The third-order valence-electron chi connectivity index (χ3n) is 4.80. The quantitative estimate of drug-likeness (QED) is 0.266. The zero-order chi connectivity index (χ0) is 25.3. The number of halogens is 7. The normalized spacial score (nSPS) is 12.5. The molecular formula is C22H13Cl3F4N4O2. The zero-order valence-corrected chi connectivity index (χ0v) is 19.6. The number of amides is 1. The minimum atomic E-state index is -4.60.